The Morgan fingerprint density at radius 1 is 1.53 bits per heavy atom. The number of likely N-dealkylation sites (tertiary alicyclic amines) is 1. The summed E-state index contributed by atoms with van der Waals surface area (Å²) in [5, 5.41) is 13.8. The van der Waals surface area contributed by atoms with Gasteiger partial charge in [-0.2, -0.15) is 0 Å². The molecule has 1 aliphatic rings. The van der Waals surface area contributed by atoms with Gasteiger partial charge in [-0.25, -0.2) is 4.79 Å². The molecule has 2 atom stereocenters. The van der Waals surface area contributed by atoms with Crippen molar-refractivity contribution in [1.82, 2.24) is 4.90 Å². The molecule has 0 aliphatic carbocycles. The van der Waals surface area contributed by atoms with Crippen molar-refractivity contribution in [2.45, 2.75) is 57.8 Å². The van der Waals surface area contributed by atoms with E-state index in [0.717, 1.165) is 6.42 Å². The zero-order chi connectivity index (χ0) is 14.7. The van der Waals surface area contributed by atoms with Gasteiger partial charge in [0.1, 0.15) is 5.60 Å². The summed E-state index contributed by atoms with van der Waals surface area (Å²) in [5.41, 5.74) is 6.54. The van der Waals surface area contributed by atoms with Gasteiger partial charge in [-0.05, 0) is 46.1 Å². The molecule has 0 aromatic rings. The molecule has 108 valence electrons. The van der Waals surface area contributed by atoms with Gasteiger partial charge in [0.25, 0.3) is 0 Å². The monoisotopic (exact) mass is 270 g/mol. The molecule has 0 bridgehead atoms. The van der Waals surface area contributed by atoms with E-state index in [-0.39, 0.29) is 12.6 Å². The lowest BCUT2D eigenvalue weighted by molar-refractivity contribution is -0.0286. The van der Waals surface area contributed by atoms with E-state index >= 15 is 0 Å². The minimum atomic E-state index is -1.24. The van der Waals surface area contributed by atoms with E-state index in [2.05, 4.69) is 10.0 Å². The molecule has 19 heavy (non-hydrogen) atoms. The van der Waals surface area contributed by atoms with Gasteiger partial charge in [0.15, 0.2) is 0 Å². The van der Waals surface area contributed by atoms with Gasteiger partial charge in [0, 0.05) is 11.5 Å². The summed E-state index contributed by atoms with van der Waals surface area (Å²) in [6, 6.07) is -0.382. The van der Waals surface area contributed by atoms with Crippen molar-refractivity contribution >= 4 is 6.09 Å². The fraction of sp³-hybridized carbons (Fsp3) is 0.917. The van der Waals surface area contributed by atoms with Crippen molar-refractivity contribution < 1.29 is 14.6 Å². The Balaban J connectivity index is 2.78. The van der Waals surface area contributed by atoms with Crippen molar-refractivity contribution in [3.05, 3.63) is 10.4 Å². The zero-order valence-electron chi connectivity index (χ0n) is 12.0. The van der Waals surface area contributed by atoms with Crippen LogP contribution in [0.25, 0.3) is 10.4 Å². The number of carbonyl (C=O) groups excluding carboxylic acids is 1. The predicted molar refractivity (Wildman–Crippen MR) is 70.6 cm³/mol. The van der Waals surface area contributed by atoms with Crippen molar-refractivity contribution in [3.63, 3.8) is 0 Å². The molecule has 1 fully saturated rings. The maximum absolute atomic E-state index is 12.1. The Hall–Kier alpha value is -1.46. The highest BCUT2D eigenvalue weighted by Crippen LogP contribution is 2.29. The Kier molecular flexibility index (Phi) is 4.66. The fourth-order valence-electron chi connectivity index (χ4n) is 2.23. The molecule has 7 nitrogen and oxygen atoms in total. The van der Waals surface area contributed by atoms with Gasteiger partial charge in [0.05, 0.1) is 18.2 Å². The van der Waals surface area contributed by atoms with Crippen LogP contribution < -0.4 is 0 Å². The van der Waals surface area contributed by atoms with E-state index in [1.165, 1.54) is 4.90 Å². The quantitative estimate of drug-likeness (QED) is 0.484. The number of aliphatic hydroxyl groups is 1. The summed E-state index contributed by atoms with van der Waals surface area (Å²) in [7, 11) is 0. The summed E-state index contributed by atoms with van der Waals surface area (Å²) >= 11 is 0. The molecule has 1 rings (SSSR count). The molecule has 0 spiro atoms. The smallest absolute Gasteiger partial charge is 0.410 e. The van der Waals surface area contributed by atoms with Crippen molar-refractivity contribution in [1.29, 1.82) is 0 Å². The number of amides is 1. The van der Waals surface area contributed by atoms with E-state index in [1.807, 2.05) is 0 Å². The Bertz CT molecular complexity index is 383. The van der Waals surface area contributed by atoms with E-state index < -0.39 is 17.3 Å². The lowest BCUT2D eigenvalue weighted by Gasteiger charge is -2.36. The normalized spacial score (nSPS) is 22.6. The van der Waals surface area contributed by atoms with Gasteiger partial charge in [-0.15, -0.1) is 0 Å². The van der Waals surface area contributed by atoms with Crippen molar-refractivity contribution in [2.75, 3.05) is 13.1 Å². The third-order valence-corrected chi connectivity index (χ3v) is 3.05. The second-order valence-corrected chi connectivity index (χ2v) is 6.08. The zero-order valence-corrected chi connectivity index (χ0v) is 12.0. The number of rotatable bonds is 3. The summed E-state index contributed by atoms with van der Waals surface area (Å²) < 4.78 is 5.32. The molecule has 1 heterocycles. The molecule has 0 aromatic heterocycles. The Labute approximate surface area is 113 Å². The molecule has 0 saturated carbocycles. The van der Waals surface area contributed by atoms with Crippen LogP contribution in [0.5, 0.6) is 0 Å². The first-order valence-electron chi connectivity index (χ1n) is 6.40. The van der Waals surface area contributed by atoms with E-state index in [1.54, 1.807) is 27.7 Å². The molecule has 0 radical (unpaired) electrons. The lowest BCUT2D eigenvalue weighted by Crippen LogP contribution is -2.52. The standard InChI is InChI=1S/C12H22N4O3/c1-11(2,3)19-10(17)16-7-5-6-9(16)12(4,18)8-14-15-13/h9,18H,5-8H2,1-4H3/t9-,12-/m0/s1. The Morgan fingerprint density at radius 3 is 2.68 bits per heavy atom. The number of hydrogen-bond acceptors (Lipinski definition) is 4. The van der Waals surface area contributed by atoms with Crippen LogP contribution >= 0.6 is 0 Å². The minimum absolute atomic E-state index is 0.0620. The second-order valence-electron chi connectivity index (χ2n) is 6.08. The average Bonchev–Trinajstić information content (AvgIpc) is 2.73. The lowest BCUT2D eigenvalue weighted by atomic mass is 9.94. The molecular weight excluding hydrogens is 248 g/mol. The second kappa shape index (κ2) is 5.67. The van der Waals surface area contributed by atoms with Crippen molar-refractivity contribution in [2.24, 2.45) is 5.11 Å². The van der Waals surface area contributed by atoms with Crippen LogP contribution in [0.3, 0.4) is 0 Å². The van der Waals surface area contributed by atoms with E-state index in [4.69, 9.17) is 10.3 Å². The summed E-state index contributed by atoms with van der Waals surface area (Å²) in [4.78, 5) is 16.3. The molecule has 1 amide bonds. The number of azide groups is 1. The number of nitrogens with zero attached hydrogens (tertiary/aromatic N) is 4. The van der Waals surface area contributed by atoms with Crippen molar-refractivity contribution in [3.8, 4) is 0 Å². The summed E-state index contributed by atoms with van der Waals surface area (Å²) in [5.74, 6) is 0. The topological polar surface area (TPSA) is 98.5 Å². The summed E-state index contributed by atoms with van der Waals surface area (Å²) in [6.07, 6.45) is 1.04. The Morgan fingerprint density at radius 2 is 2.16 bits per heavy atom. The molecule has 1 N–H and O–H groups in total. The highest BCUT2D eigenvalue weighted by atomic mass is 16.6. The molecule has 1 aliphatic heterocycles. The van der Waals surface area contributed by atoms with E-state index in [0.29, 0.717) is 13.0 Å². The fourth-order valence-corrected chi connectivity index (χ4v) is 2.23. The average molecular weight is 270 g/mol. The van der Waals surface area contributed by atoms with Gasteiger partial charge >= 0.3 is 6.09 Å². The highest BCUT2D eigenvalue weighted by Gasteiger charge is 2.42. The highest BCUT2D eigenvalue weighted by molar-refractivity contribution is 5.69. The first-order valence-corrected chi connectivity index (χ1v) is 6.40. The molecule has 0 unspecified atom stereocenters. The number of hydrogen-bond donors (Lipinski definition) is 1. The van der Waals surface area contributed by atoms with Gasteiger partial charge in [-0.1, -0.05) is 5.11 Å². The third-order valence-electron chi connectivity index (χ3n) is 3.05. The van der Waals surface area contributed by atoms with Crippen LogP contribution in [0.1, 0.15) is 40.5 Å². The first kappa shape index (κ1) is 15.6. The molecule has 7 heteroatoms. The number of carbonyl (C=O) groups is 1. The first-order chi connectivity index (χ1) is 8.67. The molecule has 0 aromatic carbocycles. The molecular formula is C12H22N4O3. The van der Waals surface area contributed by atoms with Crippen LogP contribution in [0.2, 0.25) is 0 Å². The number of ether oxygens (including phenoxy) is 1. The van der Waals surface area contributed by atoms with Gasteiger partial charge in [-0.3, -0.25) is 0 Å². The predicted octanol–water partition coefficient (Wildman–Crippen LogP) is 2.45. The van der Waals surface area contributed by atoms with Crippen LogP contribution in [-0.2, 0) is 4.74 Å². The largest absolute Gasteiger partial charge is 0.444 e. The maximum atomic E-state index is 12.1. The van der Waals surface area contributed by atoms with Gasteiger partial charge in [0.2, 0.25) is 0 Å². The minimum Gasteiger partial charge on any atom is -0.444 e. The van der Waals surface area contributed by atoms with Crippen LogP contribution in [-0.4, -0.2) is 46.4 Å². The molecule has 1 saturated heterocycles. The van der Waals surface area contributed by atoms with Crippen LogP contribution in [0.4, 0.5) is 4.79 Å². The summed E-state index contributed by atoms with van der Waals surface area (Å²) in [6.45, 7) is 7.46. The maximum Gasteiger partial charge on any atom is 0.410 e. The third kappa shape index (κ3) is 4.29. The van der Waals surface area contributed by atoms with E-state index in [9.17, 15) is 9.90 Å². The van der Waals surface area contributed by atoms with Gasteiger partial charge < -0.3 is 14.7 Å². The SMILES string of the molecule is CC(C)(C)OC(=O)N1CCC[C@H]1[C@@](C)(O)CN=[N+]=[N-]. The van der Waals surface area contributed by atoms with Crippen LogP contribution in [0, 0.1) is 0 Å². The van der Waals surface area contributed by atoms with Crippen LogP contribution in [0.15, 0.2) is 5.11 Å².